The van der Waals surface area contributed by atoms with E-state index in [1.807, 2.05) is 47.2 Å². The number of amides is 1. The fraction of sp³-hybridized carbons (Fsp3) is 0.222. The Labute approximate surface area is 143 Å². The summed E-state index contributed by atoms with van der Waals surface area (Å²) in [6.07, 6.45) is 2.75. The highest BCUT2D eigenvalue weighted by Crippen LogP contribution is 2.25. The van der Waals surface area contributed by atoms with Crippen LogP contribution in [0.1, 0.15) is 0 Å². The van der Waals surface area contributed by atoms with E-state index in [0.29, 0.717) is 5.02 Å². The lowest BCUT2D eigenvalue weighted by Gasteiger charge is -2.34. The maximum Gasteiger partial charge on any atom is 0.242 e. The molecule has 0 N–H and O–H groups in total. The second kappa shape index (κ2) is 5.91. The number of benzene rings is 1. The molecule has 0 bridgehead atoms. The van der Waals surface area contributed by atoms with Crippen LogP contribution < -0.4 is 0 Å². The molecule has 0 saturated carbocycles. The lowest BCUT2D eigenvalue weighted by atomic mass is 10.1. The summed E-state index contributed by atoms with van der Waals surface area (Å²) in [4.78, 5) is 18.2. The average Bonchev–Trinajstić information content (AvgIpc) is 2.94. The van der Waals surface area contributed by atoms with Gasteiger partial charge >= 0.3 is 0 Å². The molecule has 3 heterocycles. The summed E-state index contributed by atoms with van der Waals surface area (Å²) in [7, 11) is 0. The van der Waals surface area contributed by atoms with E-state index in [-0.39, 0.29) is 25.5 Å². The van der Waals surface area contributed by atoms with Crippen molar-refractivity contribution in [3.8, 4) is 11.1 Å². The first-order valence-electron chi connectivity index (χ1n) is 7.73. The molecular weight excluding hydrogens is 329 g/mol. The molecule has 1 aromatic carbocycles. The first-order valence-corrected chi connectivity index (χ1v) is 8.10. The zero-order valence-corrected chi connectivity index (χ0v) is 13.6. The Balaban J connectivity index is 1.65. The van der Waals surface area contributed by atoms with Crippen molar-refractivity contribution < 1.29 is 9.18 Å². The van der Waals surface area contributed by atoms with Crippen molar-refractivity contribution in [2.75, 3.05) is 13.1 Å². The van der Waals surface area contributed by atoms with E-state index in [1.54, 1.807) is 6.20 Å². The number of hydrogen-bond acceptors (Lipinski definition) is 2. The maximum atomic E-state index is 12.9. The monoisotopic (exact) mass is 343 g/mol. The van der Waals surface area contributed by atoms with Crippen LogP contribution in [0.5, 0.6) is 0 Å². The van der Waals surface area contributed by atoms with Gasteiger partial charge in [0.2, 0.25) is 5.91 Å². The number of aromatic nitrogens is 2. The van der Waals surface area contributed by atoms with E-state index in [2.05, 4.69) is 4.98 Å². The van der Waals surface area contributed by atoms with Crippen LogP contribution in [0.25, 0.3) is 22.2 Å². The molecule has 1 amide bonds. The molecule has 2 aromatic heterocycles. The number of likely N-dealkylation sites (tertiary alicyclic amines) is 1. The third-order valence-corrected chi connectivity index (χ3v) is 4.51. The molecule has 1 aliphatic rings. The SMILES string of the molecule is O=C(Cn1ccc2ncc(-c3cccc(Cl)c3)cc21)N1CC(F)C1. The fourth-order valence-corrected chi connectivity index (χ4v) is 3.09. The van der Waals surface area contributed by atoms with E-state index >= 15 is 0 Å². The van der Waals surface area contributed by atoms with Crippen molar-refractivity contribution in [1.29, 1.82) is 0 Å². The van der Waals surface area contributed by atoms with Crippen LogP contribution in [0.3, 0.4) is 0 Å². The third-order valence-electron chi connectivity index (χ3n) is 4.27. The van der Waals surface area contributed by atoms with Gasteiger partial charge in [-0.15, -0.1) is 0 Å². The molecule has 0 aliphatic carbocycles. The number of nitrogens with zero attached hydrogens (tertiary/aromatic N) is 3. The summed E-state index contributed by atoms with van der Waals surface area (Å²) < 4.78 is 14.8. The van der Waals surface area contributed by atoms with E-state index in [1.165, 1.54) is 4.90 Å². The van der Waals surface area contributed by atoms with Crippen LogP contribution in [0, 0.1) is 0 Å². The maximum absolute atomic E-state index is 12.9. The van der Waals surface area contributed by atoms with Crippen LogP contribution >= 0.6 is 11.6 Å². The van der Waals surface area contributed by atoms with Crippen LogP contribution in [0.2, 0.25) is 5.02 Å². The van der Waals surface area contributed by atoms with Gasteiger partial charge in [0, 0.05) is 23.0 Å². The summed E-state index contributed by atoms with van der Waals surface area (Å²) in [5.41, 5.74) is 3.60. The normalized spacial score (nSPS) is 14.8. The molecule has 122 valence electrons. The van der Waals surface area contributed by atoms with Crippen LogP contribution in [-0.4, -0.2) is 39.6 Å². The molecule has 3 aromatic rings. The first-order chi connectivity index (χ1) is 11.6. The number of pyridine rings is 1. The molecule has 0 spiro atoms. The van der Waals surface area contributed by atoms with Gasteiger partial charge in [0.05, 0.1) is 24.1 Å². The zero-order chi connectivity index (χ0) is 16.7. The first kappa shape index (κ1) is 15.1. The molecule has 0 unspecified atom stereocenters. The molecule has 1 fully saturated rings. The summed E-state index contributed by atoms with van der Waals surface area (Å²) >= 11 is 6.05. The van der Waals surface area contributed by atoms with Crippen molar-refractivity contribution in [3.63, 3.8) is 0 Å². The molecule has 24 heavy (non-hydrogen) atoms. The number of alkyl halides is 1. The van der Waals surface area contributed by atoms with Gasteiger partial charge in [0.15, 0.2) is 0 Å². The highest BCUT2D eigenvalue weighted by atomic mass is 35.5. The van der Waals surface area contributed by atoms with Crippen LogP contribution in [0.4, 0.5) is 4.39 Å². The number of rotatable bonds is 3. The topological polar surface area (TPSA) is 38.1 Å². The Morgan fingerprint density at radius 1 is 1.25 bits per heavy atom. The van der Waals surface area contributed by atoms with Gasteiger partial charge < -0.3 is 9.47 Å². The minimum absolute atomic E-state index is 0.0745. The van der Waals surface area contributed by atoms with Crippen molar-refractivity contribution >= 4 is 28.5 Å². The standard InChI is InChI=1S/C18H15ClFN3O/c19-14-3-1-2-12(6-14)13-7-17-16(21-8-13)4-5-22(17)11-18(24)23-9-15(20)10-23/h1-8,15H,9-11H2. The molecule has 1 aliphatic heterocycles. The molecule has 4 rings (SSSR count). The summed E-state index contributed by atoms with van der Waals surface area (Å²) in [5, 5.41) is 0.664. The highest BCUT2D eigenvalue weighted by molar-refractivity contribution is 6.30. The largest absolute Gasteiger partial charge is 0.337 e. The fourth-order valence-electron chi connectivity index (χ4n) is 2.90. The molecule has 6 heteroatoms. The number of carbonyl (C=O) groups is 1. The summed E-state index contributed by atoms with van der Waals surface area (Å²) in [5.74, 6) is -0.0745. The third kappa shape index (κ3) is 2.76. The lowest BCUT2D eigenvalue weighted by Crippen LogP contribution is -2.52. The quantitative estimate of drug-likeness (QED) is 0.729. The average molecular weight is 344 g/mol. The number of fused-ring (bicyclic) bond motifs is 1. The van der Waals surface area contributed by atoms with Gasteiger partial charge in [0.25, 0.3) is 0 Å². The minimum atomic E-state index is -0.883. The van der Waals surface area contributed by atoms with Crippen molar-refractivity contribution in [2.45, 2.75) is 12.7 Å². The number of carbonyl (C=O) groups excluding carboxylic acids is 1. The van der Waals surface area contributed by atoms with E-state index < -0.39 is 6.17 Å². The van der Waals surface area contributed by atoms with Crippen molar-refractivity contribution in [2.24, 2.45) is 0 Å². The second-order valence-corrected chi connectivity index (χ2v) is 6.41. The van der Waals surface area contributed by atoms with Gasteiger partial charge in [-0.25, -0.2) is 4.39 Å². The summed E-state index contributed by atoms with van der Waals surface area (Å²) in [6.45, 7) is 0.588. The Hall–Kier alpha value is -2.40. The molecule has 0 radical (unpaired) electrons. The minimum Gasteiger partial charge on any atom is -0.337 e. The summed E-state index contributed by atoms with van der Waals surface area (Å²) in [6, 6.07) is 11.4. The number of halogens is 2. The predicted molar refractivity (Wildman–Crippen MR) is 91.7 cm³/mol. The van der Waals surface area contributed by atoms with Gasteiger partial charge in [-0.05, 0) is 29.8 Å². The highest BCUT2D eigenvalue weighted by Gasteiger charge is 2.30. The van der Waals surface area contributed by atoms with E-state index in [9.17, 15) is 9.18 Å². The lowest BCUT2D eigenvalue weighted by molar-refractivity contribution is -0.138. The Morgan fingerprint density at radius 3 is 2.83 bits per heavy atom. The molecular formula is C18H15ClFN3O. The predicted octanol–water partition coefficient (Wildman–Crippen LogP) is 3.54. The van der Waals surface area contributed by atoms with Crippen molar-refractivity contribution in [1.82, 2.24) is 14.5 Å². The van der Waals surface area contributed by atoms with Gasteiger partial charge in [0.1, 0.15) is 12.7 Å². The number of hydrogen-bond donors (Lipinski definition) is 0. The van der Waals surface area contributed by atoms with Crippen LogP contribution in [0.15, 0.2) is 48.8 Å². The van der Waals surface area contributed by atoms with Gasteiger partial charge in [-0.3, -0.25) is 9.78 Å². The Kier molecular flexibility index (Phi) is 3.73. The Morgan fingerprint density at radius 2 is 2.08 bits per heavy atom. The van der Waals surface area contributed by atoms with Gasteiger partial charge in [-0.2, -0.15) is 0 Å². The van der Waals surface area contributed by atoms with Crippen molar-refractivity contribution in [3.05, 3.63) is 53.8 Å². The smallest absolute Gasteiger partial charge is 0.242 e. The molecule has 1 saturated heterocycles. The van der Waals surface area contributed by atoms with E-state index in [0.717, 1.165) is 22.2 Å². The van der Waals surface area contributed by atoms with Crippen LogP contribution in [-0.2, 0) is 11.3 Å². The zero-order valence-electron chi connectivity index (χ0n) is 12.8. The Bertz CT molecular complexity index is 918. The van der Waals surface area contributed by atoms with E-state index in [4.69, 9.17) is 11.6 Å². The molecule has 0 atom stereocenters. The second-order valence-electron chi connectivity index (χ2n) is 5.98. The molecule has 4 nitrogen and oxygen atoms in total. The van der Waals surface area contributed by atoms with Gasteiger partial charge in [-0.1, -0.05) is 23.7 Å².